The van der Waals surface area contributed by atoms with Crippen LogP contribution >= 0.6 is 11.6 Å². The summed E-state index contributed by atoms with van der Waals surface area (Å²) in [6, 6.07) is 13.4. The van der Waals surface area contributed by atoms with Crippen LogP contribution in [0.1, 0.15) is 54.2 Å². The number of nitrogens with zero attached hydrogens (tertiary/aromatic N) is 3. The van der Waals surface area contributed by atoms with E-state index in [0.29, 0.717) is 41.0 Å². The van der Waals surface area contributed by atoms with E-state index in [-0.39, 0.29) is 24.1 Å². The van der Waals surface area contributed by atoms with Crippen molar-refractivity contribution in [1.29, 1.82) is 0 Å². The summed E-state index contributed by atoms with van der Waals surface area (Å²) in [4.78, 5) is 21.3. The highest BCUT2D eigenvalue weighted by molar-refractivity contribution is 6.32. The van der Waals surface area contributed by atoms with Gasteiger partial charge in [0.2, 0.25) is 0 Å². The molecule has 0 radical (unpaired) electrons. The average molecular weight is 574 g/mol. The van der Waals surface area contributed by atoms with E-state index in [2.05, 4.69) is 9.72 Å². The molecular weight excluding hydrogens is 547 g/mol. The highest BCUT2D eigenvalue weighted by Gasteiger charge is 2.36. The minimum atomic E-state index is -4.86. The Balaban J connectivity index is 1.52. The summed E-state index contributed by atoms with van der Waals surface area (Å²) in [6.45, 7) is 2.42. The molecule has 0 amide bonds. The maximum Gasteiger partial charge on any atom is 0.573 e. The molecule has 210 valence electrons. The van der Waals surface area contributed by atoms with Crippen molar-refractivity contribution in [2.24, 2.45) is 5.92 Å². The SMILES string of the molecule is Cc1ccc(COc2ccc3nc(C4CCCCC4C(=O)O)n(Cc4ccc(OC(F)(F)F)c(Cl)c4)c3c2)nc1. The molecule has 2 atom stereocenters. The highest BCUT2D eigenvalue weighted by atomic mass is 35.5. The number of aryl methyl sites for hydroxylation is 1. The monoisotopic (exact) mass is 573 g/mol. The Morgan fingerprint density at radius 1 is 1.12 bits per heavy atom. The summed E-state index contributed by atoms with van der Waals surface area (Å²) in [7, 11) is 0. The Morgan fingerprint density at radius 2 is 1.93 bits per heavy atom. The maximum atomic E-state index is 12.7. The Labute approximate surface area is 233 Å². The fourth-order valence-electron chi connectivity index (χ4n) is 5.17. The molecule has 5 rings (SSSR count). The van der Waals surface area contributed by atoms with Crippen LogP contribution in [0.4, 0.5) is 13.2 Å². The molecule has 0 aliphatic heterocycles. The predicted octanol–water partition coefficient (Wildman–Crippen LogP) is 7.28. The molecular formula is C29H27ClF3N3O4. The van der Waals surface area contributed by atoms with Crippen molar-refractivity contribution in [3.63, 3.8) is 0 Å². The third-order valence-electron chi connectivity index (χ3n) is 7.09. The molecule has 1 fully saturated rings. The van der Waals surface area contributed by atoms with Crippen LogP contribution in [-0.2, 0) is 17.9 Å². The maximum absolute atomic E-state index is 12.7. The fourth-order valence-corrected chi connectivity index (χ4v) is 5.41. The van der Waals surface area contributed by atoms with Crippen LogP contribution in [0.25, 0.3) is 11.0 Å². The normalized spacial score (nSPS) is 17.6. The van der Waals surface area contributed by atoms with Crippen molar-refractivity contribution in [2.45, 2.75) is 58.0 Å². The number of carboxylic acids is 1. The summed E-state index contributed by atoms with van der Waals surface area (Å²) in [5.41, 5.74) is 3.79. The number of imidazole rings is 1. The number of rotatable bonds is 8. The van der Waals surface area contributed by atoms with E-state index in [9.17, 15) is 23.1 Å². The number of hydrogen-bond acceptors (Lipinski definition) is 5. The summed E-state index contributed by atoms with van der Waals surface area (Å²) in [5, 5.41) is 9.75. The number of pyridine rings is 1. The number of benzene rings is 2. The molecule has 40 heavy (non-hydrogen) atoms. The van der Waals surface area contributed by atoms with Crippen LogP contribution in [0.5, 0.6) is 11.5 Å². The van der Waals surface area contributed by atoms with Gasteiger partial charge < -0.3 is 19.1 Å². The molecule has 0 bridgehead atoms. The second-order valence-corrected chi connectivity index (χ2v) is 10.4. The van der Waals surface area contributed by atoms with E-state index >= 15 is 0 Å². The topological polar surface area (TPSA) is 86.5 Å². The third-order valence-corrected chi connectivity index (χ3v) is 7.38. The Bertz CT molecular complexity index is 1520. The molecule has 2 aromatic heterocycles. The number of aliphatic carboxylic acids is 1. The number of carbonyl (C=O) groups is 1. The molecule has 2 unspecified atom stereocenters. The van der Waals surface area contributed by atoms with Crippen molar-refractivity contribution >= 4 is 28.6 Å². The van der Waals surface area contributed by atoms with Crippen LogP contribution in [0.3, 0.4) is 0 Å². The molecule has 0 spiro atoms. The summed E-state index contributed by atoms with van der Waals surface area (Å²) >= 11 is 6.13. The lowest BCUT2D eigenvalue weighted by Crippen LogP contribution is -2.27. The van der Waals surface area contributed by atoms with Crippen LogP contribution in [-0.4, -0.2) is 32.0 Å². The first-order valence-electron chi connectivity index (χ1n) is 12.9. The zero-order valence-corrected chi connectivity index (χ0v) is 22.4. The second-order valence-electron chi connectivity index (χ2n) is 9.97. The van der Waals surface area contributed by atoms with Crippen LogP contribution in [0.2, 0.25) is 5.02 Å². The van der Waals surface area contributed by atoms with Gasteiger partial charge in [0.15, 0.2) is 0 Å². The summed E-state index contributed by atoms with van der Waals surface area (Å²) in [6.07, 6.45) is -0.170. The van der Waals surface area contributed by atoms with E-state index in [1.807, 2.05) is 35.8 Å². The zero-order chi connectivity index (χ0) is 28.4. The van der Waals surface area contributed by atoms with E-state index in [4.69, 9.17) is 21.3 Å². The van der Waals surface area contributed by atoms with Gasteiger partial charge in [-0.2, -0.15) is 0 Å². The fraction of sp³-hybridized carbons (Fsp3) is 0.345. The van der Waals surface area contributed by atoms with Crippen LogP contribution in [0, 0.1) is 12.8 Å². The van der Waals surface area contributed by atoms with Crippen molar-refractivity contribution in [1.82, 2.24) is 14.5 Å². The molecule has 1 N–H and O–H groups in total. The van der Waals surface area contributed by atoms with E-state index in [1.165, 1.54) is 18.2 Å². The average Bonchev–Trinajstić information content (AvgIpc) is 3.26. The van der Waals surface area contributed by atoms with Crippen LogP contribution in [0.15, 0.2) is 54.7 Å². The number of hydrogen-bond donors (Lipinski definition) is 1. The van der Waals surface area contributed by atoms with Gasteiger partial charge in [0.25, 0.3) is 0 Å². The first-order chi connectivity index (χ1) is 19.1. The Kier molecular flexibility index (Phi) is 7.89. The molecule has 2 aromatic carbocycles. The lowest BCUT2D eigenvalue weighted by atomic mass is 9.78. The number of ether oxygens (including phenoxy) is 2. The van der Waals surface area contributed by atoms with Gasteiger partial charge in [-0.3, -0.25) is 9.78 Å². The number of fused-ring (bicyclic) bond motifs is 1. The van der Waals surface area contributed by atoms with Crippen molar-refractivity contribution in [3.8, 4) is 11.5 Å². The number of carboxylic acid groups (broad SMARTS) is 1. The lowest BCUT2D eigenvalue weighted by molar-refractivity contribution is -0.274. The van der Waals surface area contributed by atoms with Gasteiger partial charge in [0, 0.05) is 24.7 Å². The smallest absolute Gasteiger partial charge is 0.487 e. The lowest BCUT2D eigenvalue weighted by Gasteiger charge is -2.28. The molecule has 1 saturated carbocycles. The van der Waals surface area contributed by atoms with Crippen molar-refractivity contribution in [3.05, 3.63) is 82.4 Å². The number of halogens is 4. The largest absolute Gasteiger partial charge is 0.573 e. The van der Waals surface area contributed by atoms with Gasteiger partial charge in [0.05, 0.1) is 27.7 Å². The summed E-state index contributed by atoms with van der Waals surface area (Å²) < 4.78 is 50.1. The van der Waals surface area contributed by atoms with Crippen molar-refractivity contribution in [2.75, 3.05) is 0 Å². The van der Waals surface area contributed by atoms with Crippen LogP contribution < -0.4 is 9.47 Å². The summed E-state index contributed by atoms with van der Waals surface area (Å²) in [5.74, 6) is -1.07. The van der Waals surface area contributed by atoms with Gasteiger partial charge in [-0.1, -0.05) is 36.6 Å². The number of aromatic nitrogens is 3. The molecule has 1 aliphatic rings. The van der Waals surface area contributed by atoms with Gasteiger partial charge in [0.1, 0.15) is 23.9 Å². The zero-order valence-electron chi connectivity index (χ0n) is 21.6. The minimum Gasteiger partial charge on any atom is -0.487 e. The van der Waals surface area contributed by atoms with Crippen molar-refractivity contribution < 1.29 is 32.5 Å². The van der Waals surface area contributed by atoms with Gasteiger partial charge in [-0.25, -0.2) is 4.98 Å². The quantitative estimate of drug-likeness (QED) is 0.238. The minimum absolute atomic E-state index is 0.184. The Hall–Kier alpha value is -3.79. The molecule has 1 aliphatic carbocycles. The molecule has 7 nitrogen and oxygen atoms in total. The molecule has 2 heterocycles. The van der Waals surface area contributed by atoms with E-state index < -0.39 is 24.0 Å². The molecule has 11 heteroatoms. The van der Waals surface area contributed by atoms with E-state index in [0.717, 1.165) is 24.1 Å². The van der Waals surface area contributed by atoms with Gasteiger partial charge >= 0.3 is 12.3 Å². The first kappa shape index (κ1) is 27.8. The first-order valence-corrected chi connectivity index (χ1v) is 13.3. The second kappa shape index (κ2) is 11.4. The van der Waals surface area contributed by atoms with Gasteiger partial charge in [-0.05, 0) is 61.2 Å². The third kappa shape index (κ3) is 6.33. The van der Waals surface area contributed by atoms with E-state index in [1.54, 1.807) is 12.3 Å². The molecule has 0 saturated heterocycles. The standard InChI is InChI=1S/C29H27ClF3N3O4/c1-17-6-8-19(34-14-17)16-39-20-9-10-24-25(13-20)36(27(35-24)21-4-2-3-5-22(21)28(37)38)15-18-7-11-26(23(30)12-18)40-29(31,32)33/h6-14,21-22H,2-5,15-16H2,1H3,(H,37,38). The number of alkyl halides is 3. The highest BCUT2D eigenvalue weighted by Crippen LogP contribution is 2.40. The predicted molar refractivity (Wildman–Crippen MR) is 143 cm³/mol. The van der Waals surface area contributed by atoms with Gasteiger partial charge in [-0.15, -0.1) is 13.2 Å². The molecule has 4 aromatic rings. The Morgan fingerprint density at radius 3 is 2.62 bits per heavy atom.